The molecule has 0 radical (unpaired) electrons. The van der Waals surface area contributed by atoms with Gasteiger partial charge in [-0.25, -0.2) is 9.07 Å². The van der Waals surface area contributed by atoms with Crippen LogP contribution in [-0.2, 0) is 20.7 Å². The molecule has 1 aliphatic heterocycles. The fourth-order valence-corrected chi connectivity index (χ4v) is 3.66. The zero-order chi connectivity index (χ0) is 23.4. The van der Waals surface area contributed by atoms with Crippen LogP contribution in [0.3, 0.4) is 0 Å². The molecule has 33 heavy (non-hydrogen) atoms. The van der Waals surface area contributed by atoms with Gasteiger partial charge in [0.15, 0.2) is 5.76 Å². The first-order valence-electron chi connectivity index (χ1n) is 9.98. The van der Waals surface area contributed by atoms with Crippen LogP contribution in [0.25, 0.3) is 5.69 Å². The fraction of sp³-hybridized carbons (Fsp3) is 0.174. The highest BCUT2D eigenvalue weighted by molar-refractivity contribution is 5.93. The molecule has 0 saturated carbocycles. The van der Waals surface area contributed by atoms with Crippen LogP contribution in [0.4, 0.5) is 4.39 Å². The second-order valence-corrected chi connectivity index (χ2v) is 7.50. The Hall–Kier alpha value is -4.34. The molecule has 3 aromatic rings. The second-order valence-electron chi connectivity index (χ2n) is 7.50. The Morgan fingerprint density at radius 2 is 1.88 bits per heavy atom. The maximum absolute atomic E-state index is 13.2. The lowest BCUT2D eigenvalue weighted by atomic mass is 9.85. The molecule has 1 amide bonds. The molecule has 1 aromatic heterocycles. The summed E-state index contributed by atoms with van der Waals surface area (Å²) in [6, 6.07) is 15.2. The molecule has 0 aliphatic carbocycles. The zero-order valence-electron chi connectivity index (χ0n) is 17.3. The van der Waals surface area contributed by atoms with Gasteiger partial charge in [0.25, 0.3) is 11.5 Å². The van der Waals surface area contributed by atoms with Crippen LogP contribution in [0, 0.1) is 5.82 Å². The standard InChI is InChI=1S/C23H20FN3O6/c24-16-6-8-17(9-7-16)27-20(28)10-18(26-27)22(31)25-23(12-21(29)30,19-13-32-14-33-19)11-15-4-2-1-3-5-15/h1-10,13,26H,11-12,14H2,(H,25,31)(H,29,30). The molecule has 3 N–H and O–H groups in total. The third-order valence-corrected chi connectivity index (χ3v) is 5.15. The summed E-state index contributed by atoms with van der Waals surface area (Å²) in [5.41, 5.74) is -1.04. The molecule has 0 bridgehead atoms. The monoisotopic (exact) mass is 453 g/mol. The lowest BCUT2D eigenvalue weighted by Gasteiger charge is -2.33. The predicted molar refractivity (Wildman–Crippen MR) is 114 cm³/mol. The van der Waals surface area contributed by atoms with Crippen molar-refractivity contribution in [2.24, 2.45) is 0 Å². The van der Waals surface area contributed by atoms with E-state index >= 15 is 0 Å². The normalized spacial score (nSPS) is 14.5. The highest BCUT2D eigenvalue weighted by Gasteiger charge is 2.42. The van der Waals surface area contributed by atoms with E-state index in [1.54, 1.807) is 24.3 Å². The van der Waals surface area contributed by atoms with Crippen molar-refractivity contribution in [3.05, 3.63) is 100 Å². The van der Waals surface area contributed by atoms with Gasteiger partial charge < -0.3 is 19.9 Å². The summed E-state index contributed by atoms with van der Waals surface area (Å²) < 4.78 is 24.9. The Bertz CT molecular complexity index is 1250. The molecule has 170 valence electrons. The van der Waals surface area contributed by atoms with Gasteiger partial charge in [-0.1, -0.05) is 30.3 Å². The number of aromatic nitrogens is 2. The van der Waals surface area contributed by atoms with Crippen LogP contribution in [0.2, 0.25) is 0 Å². The second kappa shape index (κ2) is 9.03. The minimum absolute atomic E-state index is 0.101. The number of carboxylic acid groups (broad SMARTS) is 1. The first-order valence-corrected chi connectivity index (χ1v) is 9.98. The van der Waals surface area contributed by atoms with Crippen LogP contribution in [0.15, 0.2) is 77.5 Å². The van der Waals surface area contributed by atoms with E-state index in [9.17, 15) is 23.9 Å². The van der Waals surface area contributed by atoms with Crippen molar-refractivity contribution in [1.82, 2.24) is 15.1 Å². The van der Waals surface area contributed by atoms with Gasteiger partial charge in [0.05, 0.1) is 12.1 Å². The van der Waals surface area contributed by atoms with Crippen molar-refractivity contribution < 1.29 is 28.6 Å². The topological polar surface area (TPSA) is 123 Å². The van der Waals surface area contributed by atoms with Gasteiger partial charge in [-0.15, -0.1) is 0 Å². The number of aliphatic carboxylic acids is 1. The number of rotatable bonds is 8. The number of nitrogens with one attached hydrogen (secondary N) is 2. The molecule has 0 saturated heterocycles. The first-order chi connectivity index (χ1) is 15.9. The molecular formula is C23H20FN3O6. The number of nitrogens with zero attached hydrogens (tertiary/aromatic N) is 1. The van der Waals surface area contributed by atoms with Crippen LogP contribution >= 0.6 is 0 Å². The van der Waals surface area contributed by atoms with Crippen LogP contribution < -0.4 is 10.9 Å². The third kappa shape index (κ3) is 4.79. The van der Waals surface area contributed by atoms with E-state index in [-0.39, 0.29) is 24.7 Å². The van der Waals surface area contributed by atoms with E-state index in [2.05, 4.69) is 10.4 Å². The van der Waals surface area contributed by atoms with Crippen molar-refractivity contribution >= 4 is 11.9 Å². The van der Waals surface area contributed by atoms with E-state index in [0.717, 1.165) is 16.3 Å². The van der Waals surface area contributed by atoms with E-state index in [1.165, 1.54) is 30.5 Å². The average Bonchev–Trinajstić information content (AvgIpc) is 3.45. The first kappa shape index (κ1) is 21.9. The van der Waals surface area contributed by atoms with E-state index in [0.29, 0.717) is 5.69 Å². The summed E-state index contributed by atoms with van der Waals surface area (Å²) in [6.45, 7) is -0.112. The number of carbonyl (C=O) groups excluding carboxylic acids is 1. The number of ether oxygens (including phenoxy) is 2. The summed E-state index contributed by atoms with van der Waals surface area (Å²) >= 11 is 0. The Balaban J connectivity index is 1.69. The highest BCUT2D eigenvalue weighted by Crippen LogP contribution is 2.30. The molecule has 1 atom stereocenters. The number of benzene rings is 2. The molecule has 1 aliphatic rings. The average molecular weight is 453 g/mol. The number of aromatic amines is 1. The van der Waals surface area contributed by atoms with Gasteiger partial charge in [-0.05, 0) is 29.8 Å². The molecule has 2 heterocycles. The Morgan fingerprint density at radius 3 is 2.52 bits per heavy atom. The third-order valence-electron chi connectivity index (χ3n) is 5.15. The van der Waals surface area contributed by atoms with Crippen LogP contribution in [0.1, 0.15) is 22.5 Å². The van der Waals surface area contributed by atoms with Crippen molar-refractivity contribution in [3.63, 3.8) is 0 Å². The highest BCUT2D eigenvalue weighted by atomic mass is 19.1. The van der Waals surface area contributed by atoms with E-state index in [1.807, 2.05) is 6.07 Å². The van der Waals surface area contributed by atoms with Crippen LogP contribution in [-0.4, -0.2) is 39.1 Å². The minimum atomic E-state index is -1.48. The molecule has 1 unspecified atom stereocenters. The van der Waals surface area contributed by atoms with Gasteiger partial charge in [0, 0.05) is 12.5 Å². The molecule has 0 spiro atoms. The maximum Gasteiger partial charge on any atom is 0.306 e. The number of hydrogen-bond donors (Lipinski definition) is 3. The van der Waals surface area contributed by atoms with Gasteiger partial charge >= 0.3 is 5.97 Å². The lowest BCUT2D eigenvalue weighted by molar-refractivity contribution is -0.138. The van der Waals surface area contributed by atoms with Gasteiger partial charge in [-0.3, -0.25) is 19.5 Å². The smallest absolute Gasteiger partial charge is 0.306 e. The SMILES string of the molecule is O=C(O)CC(Cc1ccccc1)(NC(=O)c1cc(=O)n(-c2ccc(F)cc2)[nH]1)C1=COCO1. The number of halogens is 1. The predicted octanol–water partition coefficient (Wildman–Crippen LogP) is 2.34. The molecule has 4 rings (SSSR count). The van der Waals surface area contributed by atoms with Crippen molar-refractivity contribution in [2.75, 3.05) is 6.79 Å². The quantitative estimate of drug-likeness (QED) is 0.481. The summed E-state index contributed by atoms with van der Waals surface area (Å²) in [5.74, 6) is -2.20. The molecule has 0 fully saturated rings. The number of hydrogen-bond acceptors (Lipinski definition) is 5. The number of H-pyrrole nitrogens is 1. The van der Waals surface area contributed by atoms with Crippen molar-refractivity contribution in [1.29, 1.82) is 0 Å². The number of amides is 1. The fourth-order valence-electron chi connectivity index (χ4n) is 3.66. The van der Waals surface area contributed by atoms with Gasteiger partial charge in [0.1, 0.15) is 23.3 Å². The molecule has 2 aromatic carbocycles. The van der Waals surface area contributed by atoms with Crippen molar-refractivity contribution in [3.8, 4) is 5.69 Å². The molecule has 9 nitrogen and oxygen atoms in total. The number of carboxylic acids is 1. The summed E-state index contributed by atoms with van der Waals surface area (Å²) in [5, 5.41) is 15.0. The Kier molecular flexibility index (Phi) is 5.99. The minimum Gasteiger partial charge on any atom is -0.481 e. The summed E-state index contributed by atoms with van der Waals surface area (Å²) in [6.07, 6.45) is 0.883. The van der Waals surface area contributed by atoms with Gasteiger partial charge in [0.2, 0.25) is 6.79 Å². The van der Waals surface area contributed by atoms with Crippen molar-refractivity contribution in [2.45, 2.75) is 18.4 Å². The molecular weight excluding hydrogens is 433 g/mol. The number of carbonyl (C=O) groups is 2. The van der Waals surface area contributed by atoms with E-state index in [4.69, 9.17) is 9.47 Å². The lowest BCUT2D eigenvalue weighted by Crippen LogP contribution is -2.53. The molecule has 10 heteroatoms. The zero-order valence-corrected chi connectivity index (χ0v) is 17.3. The maximum atomic E-state index is 13.2. The van der Waals surface area contributed by atoms with Crippen LogP contribution in [0.5, 0.6) is 0 Å². The Labute approximate surface area is 187 Å². The van der Waals surface area contributed by atoms with Gasteiger partial charge in [-0.2, -0.15) is 0 Å². The Morgan fingerprint density at radius 1 is 1.15 bits per heavy atom. The largest absolute Gasteiger partial charge is 0.481 e. The van der Waals surface area contributed by atoms with E-state index < -0.39 is 35.2 Å². The summed E-state index contributed by atoms with van der Waals surface area (Å²) in [7, 11) is 0. The summed E-state index contributed by atoms with van der Waals surface area (Å²) in [4.78, 5) is 37.4.